The van der Waals surface area contributed by atoms with Crippen LogP contribution in [0.4, 0.5) is 0 Å². The van der Waals surface area contributed by atoms with E-state index in [0.29, 0.717) is 24.3 Å². The van der Waals surface area contributed by atoms with Crippen molar-refractivity contribution >= 4 is 0 Å². The summed E-state index contributed by atoms with van der Waals surface area (Å²) in [6.45, 7) is 12.8. The first-order valence-corrected chi connectivity index (χ1v) is 18.1. The van der Waals surface area contributed by atoms with Crippen molar-refractivity contribution in [3.05, 3.63) is 177 Å². The number of benzene rings is 6. The summed E-state index contributed by atoms with van der Waals surface area (Å²) in [6, 6.07) is 39.9. The number of para-hydroxylation sites is 1. The number of aromatic hydroxyl groups is 2. The number of rotatable bonds is 10. The van der Waals surface area contributed by atoms with E-state index in [0.717, 1.165) is 57.1 Å². The highest BCUT2D eigenvalue weighted by molar-refractivity contribution is 5.52. The summed E-state index contributed by atoms with van der Waals surface area (Å²) in [4.78, 5) is 0. The van der Waals surface area contributed by atoms with Crippen LogP contribution in [0, 0.1) is 20.8 Å². The minimum Gasteiger partial charge on any atom is -0.508 e. The number of aryl methyl sites for hydroxylation is 3. The quantitative estimate of drug-likeness (QED) is 0.148. The van der Waals surface area contributed by atoms with Crippen LogP contribution in [0.25, 0.3) is 0 Å². The van der Waals surface area contributed by atoms with E-state index < -0.39 is 0 Å². The van der Waals surface area contributed by atoms with Crippen molar-refractivity contribution in [2.45, 2.75) is 66.2 Å². The van der Waals surface area contributed by atoms with Gasteiger partial charge in [-0.25, -0.2) is 0 Å². The molecule has 0 aromatic heterocycles. The van der Waals surface area contributed by atoms with Gasteiger partial charge in [0.05, 0.1) is 14.2 Å². The predicted octanol–water partition coefficient (Wildman–Crippen LogP) is 11.6. The van der Waals surface area contributed by atoms with E-state index in [4.69, 9.17) is 14.2 Å². The van der Waals surface area contributed by atoms with Crippen molar-refractivity contribution in [1.29, 1.82) is 0 Å². The van der Waals surface area contributed by atoms with Gasteiger partial charge in [-0.15, -0.1) is 0 Å². The Morgan fingerprint density at radius 3 is 1.70 bits per heavy atom. The predicted molar refractivity (Wildman–Crippen MR) is 216 cm³/mol. The molecule has 0 aliphatic rings. The molecule has 0 unspecified atom stereocenters. The Morgan fingerprint density at radius 1 is 0.491 bits per heavy atom. The van der Waals surface area contributed by atoms with Crippen LogP contribution >= 0.6 is 0 Å². The zero-order chi connectivity index (χ0) is 38.1. The maximum Gasteiger partial charge on any atom is 0.131 e. The highest BCUT2D eigenvalue weighted by Crippen LogP contribution is 2.34. The summed E-state index contributed by atoms with van der Waals surface area (Å²) in [6.07, 6.45) is 2.04. The zero-order valence-corrected chi connectivity index (χ0v) is 32.3. The molecule has 53 heavy (non-hydrogen) atoms. The van der Waals surface area contributed by atoms with E-state index in [1.165, 1.54) is 22.3 Å². The largest absolute Gasteiger partial charge is 0.508 e. The number of phenolic OH excluding ortho intramolecular Hbond substituents is 2. The lowest BCUT2D eigenvalue weighted by Gasteiger charge is -2.19. The van der Waals surface area contributed by atoms with Crippen LogP contribution in [-0.4, -0.2) is 24.4 Å². The zero-order valence-electron chi connectivity index (χ0n) is 32.3. The van der Waals surface area contributed by atoms with Crippen LogP contribution in [0.5, 0.6) is 34.5 Å². The molecule has 0 fully saturated rings. The van der Waals surface area contributed by atoms with E-state index in [-0.39, 0.29) is 11.2 Å². The van der Waals surface area contributed by atoms with Crippen molar-refractivity contribution in [3.8, 4) is 34.5 Å². The second kappa shape index (κ2) is 17.2. The monoisotopic (exact) mass is 708 g/mol. The molecule has 0 saturated heterocycles. The number of ether oxygens (including phenoxy) is 3. The van der Waals surface area contributed by atoms with Crippen LogP contribution < -0.4 is 14.2 Å². The third-order valence-electron chi connectivity index (χ3n) is 9.27. The van der Waals surface area contributed by atoms with Crippen molar-refractivity contribution < 1.29 is 24.4 Å². The van der Waals surface area contributed by atoms with Crippen LogP contribution in [0.2, 0.25) is 0 Å². The molecule has 0 atom stereocenters. The molecule has 0 heterocycles. The number of hydrogen-bond acceptors (Lipinski definition) is 5. The SMILES string of the molecule is CC(C)(C)c1ccc(Cc2ccc(Oc3ccccc3)cc2O)cc1.COc1ccc(C)cc1Cc1cc(C)cc(Cc2cc(C)ccc2O)c1OC. The molecule has 6 aromatic rings. The van der Waals surface area contributed by atoms with Gasteiger partial charge in [0.1, 0.15) is 34.5 Å². The maximum absolute atomic E-state index is 10.3. The molecule has 0 aliphatic carbocycles. The molecular formula is C48H52O5. The summed E-state index contributed by atoms with van der Waals surface area (Å²) in [7, 11) is 3.41. The summed E-state index contributed by atoms with van der Waals surface area (Å²) in [5, 5.41) is 20.6. The lowest BCUT2D eigenvalue weighted by atomic mass is 9.86. The van der Waals surface area contributed by atoms with Gasteiger partial charge in [0.15, 0.2) is 0 Å². The summed E-state index contributed by atoms with van der Waals surface area (Å²) in [5.41, 5.74) is 11.3. The van der Waals surface area contributed by atoms with Crippen LogP contribution in [0.1, 0.15) is 76.4 Å². The molecule has 0 aliphatic heterocycles. The Hall–Kier alpha value is -5.68. The Labute approximate surface area is 315 Å². The molecule has 0 bridgehead atoms. The van der Waals surface area contributed by atoms with E-state index in [1.54, 1.807) is 26.4 Å². The molecule has 5 heteroatoms. The number of phenols is 2. The second-order valence-electron chi connectivity index (χ2n) is 14.7. The van der Waals surface area contributed by atoms with Gasteiger partial charge >= 0.3 is 0 Å². The minimum atomic E-state index is 0.150. The van der Waals surface area contributed by atoms with Crippen molar-refractivity contribution in [2.24, 2.45) is 0 Å². The first-order chi connectivity index (χ1) is 25.3. The molecule has 0 spiro atoms. The molecule has 2 N–H and O–H groups in total. The van der Waals surface area contributed by atoms with Crippen LogP contribution in [-0.2, 0) is 24.7 Å². The van der Waals surface area contributed by atoms with Gasteiger partial charge in [-0.3, -0.25) is 0 Å². The fourth-order valence-corrected chi connectivity index (χ4v) is 6.49. The van der Waals surface area contributed by atoms with E-state index in [1.807, 2.05) is 67.6 Å². The van der Waals surface area contributed by atoms with Crippen molar-refractivity contribution in [1.82, 2.24) is 0 Å². The fourth-order valence-electron chi connectivity index (χ4n) is 6.49. The summed E-state index contributed by atoms with van der Waals surface area (Å²) < 4.78 is 17.1. The average molecular weight is 709 g/mol. The van der Waals surface area contributed by atoms with Gasteiger partial charge in [0, 0.05) is 25.3 Å². The number of hydrogen-bond donors (Lipinski definition) is 2. The van der Waals surface area contributed by atoms with Crippen LogP contribution in [0.15, 0.2) is 121 Å². The molecule has 0 saturated carbocycles. The third-order valence-corrected chi connectivity index (χ3v) is 9.27. The first kappa shape index (κ1) is 38.5. The minimum absolute atomic E-state index is 0.150. The highest BCUT2D eigenvalue weighted by Gasteiger charge is 2.16. The lowest BCUT2D eigenvalue weighted by Crippen LogP contribution is -2.10. The highest BCUT2D eigenvalue weighted by atomic mass is 16.5. The summed E-state index contributed by atoms with van der Waals surface area (Å²) >= 11 is 0. The van der Waals surface area contributed by atoms with Crippen LogP contribution in [0.3, 0.4) is 0 Å². The van der Waals surface area contributed by atoms with Gasteiger partial charge in [0.25, 0.3) is 0 Å². The molecular weight excluding hydrogens is 657 g/mol. The van der Waals surface area contributed by atoms with Gasteiger partial charge in [0.2, 0.25) is 0 Å². The van der Waals surface area contributed by atoms with Gasteiger partial charge in [-0.05, 0) is 95.5 Å². The second-order valence-corrected chi connectivity index (χ2v) is 14.7. The van der Waals surface area contributed by atoms with Gasteiger partial charge in [-0.2, -0.15) is 0 Å². The lowest BCUT2D eigenvalue weighted by molar-refractivity contribution is 0.402. The molecule has 0 radical (unpaired) electrons. The van der Waals surface area contributed by atoms with Gasteiger partial charge in [-0.1, -0.05) is 122 Å². The van der Waals surface area contributed by atoms with Gasteiger partial charge < -0.3 is 24.4 Å². The van der Waals surface area contributed by atoms with Crippen molar-refractivity contribution in [3.63, 3.8) is 0 Å². The Kier molecular flexibility index (Phi) is 12.5. The molecule has 6 rings (SSSR count). The fraction of sp³-hybridized carbons (Fsp3) is 0.250. The molecule has 0 amide bonds. The van der Waals surface area contributed by atoms with Crippen molar-refractivity contribution in [2.75, 3.05) is 14.2 Å². The maximum atomic E-state index is 10.3. The number of methoxy groups -OCH3 is 2. The standard InChI is InChI=1S/C25H28O3.C23H24O2/c1-16-6-8-23(26)19(10-16)14-21-12-18(3)13-22(25(21)28-5)15-20-11-17(2)7-9-24(20)27-4;1-23(2,3)19-12-9-17(10-13-19)15-18-11-14-21(16-22(18)24)25-20-7-5-4-6-8-20/h6-13,26H,14-15H2,1-5H3;4-14,16,24H,15H2,1-3H3. The Balaban J connectivity index is 0.000000206. The van der Waals surface area contributed by atoms with E-state index >= 15 is 0 Å². The van der Waals surface area contributed by atoms with E-state index in [9.17, 15) is 10.2 Å². The Bertz CT molecular complexity index is 2130. The van der Waals surface area contributed by atoms with E-state index in [2.05, 4.69) is 83.1 Å². The Morgan fingerprint density at radius 2 is 1.09 bits per heavy atom. The summed E-state index contributed by atoms with van der Waals surface area (Å²) in [5.74, 6) is 3.72. The molecule has 274 valence electrons. The molecule has 5 nitrogen and oxygen atoms in total. The normalized spacial score (nSPS) is 11.0. The molecule has 6 aromatic carbocycles. The topological polar surface area (TPSA) is 68.2 Å². The smallest absolute Gasteiger partial charge is 0.131 e. The first-order valence-electron chi connectivity index (χ1n) is 18.1. The third kappa shape index (κ3) is 10.4. The average Bonchev–Trinajstić information content (AvgIpc) is 3.12.